The first kappa shape index (κ1) is 23.7. The third-order valence-corrected chi connectivity index (χ3v) is 5.20. The molecule has 0 fully saturated rings. The molecule has 182 valence electrons. The Bertz CT molecular complexity index is 1370. The third kappa shape index (κ3) is 4.65. The minimum Gasteiger partial charge on any atom is -0.493 e. The number of carbonyl (C=O) groups excluding carboxylic acids is 2. The Labute approximate surface area is 198 Å². The van der Waals surface area contributed by atoms with Crippen LogP contribution in [0.3, 0.4) is 0 Å². The third-order valence-electron chi connectivity index (χ3n) is 5.20. The summed E-state index contributed by atoms with van der Waals surface area (Å²) in [5.74, 6) is -1.20. The Hall–Kier alpha value is -4.41. The number of alkyl halides is 2. The van der Waals surface area contributed by atoms with Crippen molar-refractivity contribution >= 4 is 28.6 Å². The normalized spacial score (nSPS) is 11.9. The molecule has 0 radical (unpaired) electrons. The van der Waals surface area contributed by atoms with E-state index >= 15 is 0 Å². The van der Waals surface area contributed by atoms with Gasteiger partial charge in [0, 0.05) is 12.1 Å². The van der Waals surface area contributed by atoms with E-state index in [1.165, 1.54) is 57.7 Å². The zero-order valence-corrected chi connectivity index (χ0v) is 19.0. The maximum absolute atomic E-state index is 13.8. The Balaban J connectivity index is 1.69. The predicted molar refractivity (Wildman–Crippen MR) is 121 cm³/mol. The van der Waals surface area contributed by atoms with E-state index in [9.17, 15) is 18.4 Å². The van der Waals surface area contributed by atoms with Gasteiger partial charge in [0.05, 0.1) is 42.8 Å². The molecule has 0 unspecified atom stereocenters. The molecule has 0 aliphatic heterocycles. The fraction of sp³-hybridized carbons (Fsp3) is 0.208. The van der Waals surface area contributed by atoms with E-state index < -0.39 is 24.5 Å². The first-order valence-electron chi connectivity index (χ1n) is 10.4. The van der Waals surface area contributed by atoms with Gasteiger partial charge >= 0.3 is 12.5 Å². The number of imidazole rings is 1. The number of hydrogen-bond acceptors (Lipinski definition) is 7. The van der Waals surface area contributed by atoms with Crippen molar-refractivity contribution in [3.05, 3.63) is 71.9 Å². The molecule has 4 aromatic rings. The number of nitrogens with zero attached hydrogens (tertiary/aromatic N) is 2. The van der Waals surface area contributed by atoms with Gasteiger partial charge in [-0.15, -0.1) is 0 Å². The summed E-state index contributed by atoms with van der Waals surface area (Å²) < 4.78 is 49.5. The van der Waals surface area contributed by atoms with Crippen LogP contribution >= 0.6 is 0 Å². The molecule has 4 rings (SSSR count). The Morgan fingerprint density at radius 1 is 1.06 bits per heavy atom. The molecule has 1 atom stereocenters. The maximum Gasteiger partial charge on any atom is 0.341 e. The van der Waals surface area contributed by atoms with E-state index in [1.807, 2.05) is 0 Å². The number of furan rings is 1. The van der Waals surface area contributed by atoms with Crippen LogP contribution in [0.25, 0.3) is 11.0 Å². The number of fused-ring (bicyclic) bond motifs is 1. The lowest BCUT2D eigenvalue weighted by Crippen LogP contribution is -2.18. The summed E-state index contributed by atoms with van der Waals surface area (Å²) in [5.41, 5.74) is 0.499. The van der Waals surface area contributed by atoms with Crippen LogP contribution in [0.15, 0.2) is 59.2 Å². The fourth-order valence-corrected chi connectivity index (χ4v) is 3.57. The predicted octanol–water partition coefficient (Wildman–Crippen LogP) is 5.21. The second kappa shape index (κ2) is 9.84. The lowest BCUT2D eigenvalue weighted by Gasteiger charge is -2.18. The Morgan fingerprint density at radius 2 is 1.77 bits per heavy atom. The molecule has 0 aliphatic rings. The van der Waals surface area contributed by atoms with Gasteiger partial charge in [0.25, 0.3) is 5.91 Å². The van der Waals surface area contributed by atoms with Crippen molar-refractivity contribution in [3.63, 3.8) is 0 Å². The number of aromatic nitrogens is 2. The van der Waals surface area contributed by atoms with E-state index in [4.69, 9.17) is 18.6 Å². The number of esters is 1. The van der Waals surface area contributed by atoms with E-state index in [1.54, 1.807) is 18.2 Å². The number of anilines is 1. The molecule has 0 saturated heterocycles. The average molecular weight is 485 g/mol. The quantitative estimate of drug-likeness (QED) is 0.342. The molecule has 11 heteroatoms. The molecule has 9 nitrogen and oxygen atoms in total. The van der Waals surface area contributed by atoms with Crippen LogP contribution in [0.4, 0.5) is 14.5 Å². The average Bonchev–Trinajstić information content (AvgIpc) is 3.52. The SMILES string of the molecule is COc1cc(NC(=O)c2ccco2)c(C(=O)O[C@@H](C)c2nc3ccccc3n2C(F)F)cc1OC. The lowest BCUT2D eigenvalue weighted by atomic mass is 10.1. The molecule has 1 N–H and O–H groups in total. The number of amides is 1. The molecule has 0 aliphatic carbocycles. The van der Waals surface area contributed by atoms with Gasteiger partial charge in [-0.25, -0.2) is 9.78 Å². The van der Waals surface area contributed by atoms with Gasteiger partial charge in [-0.05, 0) is 31.2 Å². The number of para-hydroxylation sites is 2. The molecule has 2 aromatic carbocycles. The van der Waals surface area contributed by atoms with Crippen LogP contribution in [0, 0.1) is 0 Å². The molecule has 2 heterocycles. The van der Waals surface area contributed by atoms with Crippen LogP contribution in [0.1, 0.15) is 46.3 Å². The molecule has 0 spiro atoms. The maximum atomic E-state index is 13.8. The van der Waals surface area contributed by atoms with Crippen molar-refractivity contribution < 1.29 is 37.0 Å². The molecule has 1 amide bonds. The van der Waals surface area contributed by atoms with Crippen molar-refractivity contribution in [2.45, 2.75) is 19.6 Å². The molecule has 35 heavy (non-hydrogen) atoms. The molecular formula is C24H21F2N3O6. The highest BCUT2D eigenvalue weighted by Crippen LogP contribution is 2.35. The van der Waals surface area contributed by atoms with E-state index in [0.29, 0.717) is 10.1 Å². The molecule has 0 saturated carbocycles. The minimum atomic E-state index is -2.90. The lowest BCUT2D eigenvalue weighted by molar-refractivity contribution is 0.0234. The smallest absolute Gasteiger partial charge is 0.341 e. The topological polar surface area (TPSA) is 105 Å². The van der Waals surface area contributed by atoms with Gasteiger partial charge in [0.2, 0.25) is 0 Å². The Kier molecular flexibility index (Phi) is 6.67. The van der Waals surface area contributed by atoms with Crippen molar-refractivity contribution in [1.29, 1.82) is 0 Å². The standard InChI is InChI=1S/C24H21F2N3O6/c1-13(21-27-15-7-4-5-8-17(15)29(21)24(25)26)35-23(31)14-11-19(32-2)20(33-3)12-16(14)28-22(30)18-9-6-10-34-18/h4-13,24H,1-3H3,(H,28,30)/t13-/m0/s1. The summed E-state index contributed by atoms with van der Waals surface area (Å²) in [5, 5.41) is 2.57. The number of hydrogen-bond donors (Lipinski definition) is 1. The van der Waals surface area contributed by atoms with Crippen LogP contribution in [-0.2, 0) is 4.74 Å². The minimum absolute atomic E-state index is 0.0121. The highest BCUT2D eigenvalue weighted by atomic mass is 19.3. The van der Waals surface area contributed by atoms with Crippen molar-refractivity contribution in [2.24, 2.45) is 0 Å². The highest BCUT2D eigenvalue weighted by molar-refractivity contribution is 6.07. The van der Waals surface area contributed by atoms with Crippen molar-refractivity contribution in [3.8, 4) is 11.5 Å². The summed E-state index contributed by atoms with van der Waals surface area (Å²) >= 11 is 0. The van der Waals surface area contributed by atoms with Gasteiger partial charge < -0.3 is 23.9 Å². The summed E-state index contributed by atoms with van der Waals surface area (Å²) in [4.78, 5) is 29.9. The summed E-state index contributed by atoms with van der Waals surface area (Å²) in [6, 6.07) is 12.1. The van der Waals surface area contributed by atoms with Gasteiger partial charge in [-0.3, -0.25) is 9.36 Å². The molecule has 0 bridgehead atoms. The van der Waals surface area contributed by atoms with Gasteiger partial charge in [-0.1, -0.05) is 12.1 Å². The van der Waals surface area contributed by atoms with E-state index in [0.717, 1.165) is 0 Å². The largest absolute Gasteiger partial charge is 0.493 e. The van der Waals surface area contributed by atoms with Gasteiger partial charge in [0.15, 0.2) is 29.2 Å². The number of rotatable bonds is 8. The number of carbonyl (C=O) groups is 2. The number of methoxy groups -OCH3 is 2. The van der Waals surface area contributed by atoms with Crippen LogP contribution < -0.4 is 14.8 Å². The van der Waals surface area contributed by atoms with E-state index in [2.05, 4.69) is 10.3 Å². The molecular weight excluding hydrogens is 464 g/mol. The number of benzene rings is 2. The van der Waals surface area contributed by atoms with Crippen LogP contribution in [-0.4, -0.2) is 35.6 Å². The van der Waals surface area contributed by atoms with Gasteiger partial charge in [-0.2, -0.15) is 8.78 Å². The zero-order chi connectivity index (χ0) is 25.1. The van der Waals surface area contributed by atoms with E-state index in [-0.39, 0.29) is 39.9 Å². The Morgan fingerprint density at radius 3 is 2.43 bits per heavy atom. The number of halogens is 2. The van der Waals surface area contributed by atoms with Crippen LogP contribution in [0.5, 0.6) is 11.5 Å². The summed E-state index contributed by atoms with van der Waals surface area (Å²) in [6.45, 7) is -1.47. The fourth-order valence-electron chi connectivity index (χ4n) is 3.57. The van der Waals surface area contributed by atoms with Crippen molar-refractivity contribution in [1.82, 2.24) is 9.55 Å². The number of ether oxygens (including phenoxy) is 3. The van der Waals surface area contributed by atoms with Crippen molar-refractivity contribution in [2.75, 3.05) is 19.5 Å². The summed E-state index contributed by atoms with van der Waals surface area (Å²) in [6.07, 6.45) is 0.181. The van der Waals surface area contributed by atoms with Gasteiger partial charge in [0.1, 0.15) is 0 Å². The monoisotopic (exact) mass is 485 g/mol. The second-order valence-corrected chi connectivity index (χ2v) is 7.34. The number of nitrogens with one attached hydrogen (secondary N) is 1. The first-order chi connectivity index (χ1) is 16.8. The van der Waals surface area contributed by atoms with Crippen LogP contribution in [0.2, 0.25) is 0 Å². The first-order valence-corrected chi connectivity index (χ1v) is 10.4. The summed E-state index contributed by atoms with van der Waals surface area (Å²) in [7, 11) is 2.77. The zero-order valence-electron chi connectivity index (χ0n) is 19.0. The second-order valence-electron chi connectivity index (χ2n) is 7.34. The highest BCUT2D eigenvalue weighted by Gasteiger charge is 2.27. The molecule has 2 aromatic heterocycles.